The van der Waals surface area contributed by atoms with Crippen LogP contribution < -0.4 is 5.69 Å². The van der Waals surface area contributed by atoms with Crippen molar-refractivity contribution in [1.29, 1.82) is 0 Å². The number of nitrogens with one attached hydrogen (secondary N) is 2. The van der Waals surface area contributed by atoms with E-state index in [1.807, 2.05) is 0 Å². The molecule has 3 N–H and O–H groups in total. The first-order chi connectivity index (χ1) is 13.8. The summed E-state index contributed by atoms with van der Waals surface area (Å²) in [7, 11) is 0. The van der Waals surface area contributed by atoms with Crippen LogP contribution >= 0.6 is 0 Å². The highest BCUT2D eigenvalue weighted by Crippen LogP contribution is 2.21. The van der Waals surface area contributed by atoms with Crippen LogP contribution in [0.15, 0.2) is 48.2 Å². The van der Waals surface area contributed by atoms with E-state index in [2.05, 4.69) is 36.7 Å². The quantitative estimate of drug-likeness (QED) is 0.296. The van der Waals surface area contributed by atoms with Gasteiger partial charge in [-0.05, 0) is 24.6 Å². The molecule has 0 aromatic carbocycles. The highest BCUT2D eigenvalue weighted by Gasteiger charge is 2.21. The number of aliphatic hydroxyl groups excluding tert-OH is 1. The molecule has 3 rings (SSSR count). The standard InChI is InChI=1S/C18H21N7O4/c1-11(8-12(2)29-18(3,4)28-7-5-6-26)15-23-24-17(27)25(15)16-13-14(20-9-19-13)21-10-22-16/h5-6,8-10,26H,2,7H2,1,3-4H3,(H,24,27)(H,19,20,21,22)/b6-5+,11-8+. The lowest BCUT2D eigenvalue weighted by Crippen LogP contribution is -2.27. The molecule has 152 valence electrons. The van der Waals surface area contributed by atoms with Crippen molar-refractivity contribution in [2.75, 3.05) is 6.61 Å². The normalized spacial score (nSPS) is 12.7. The Morgan fingerprint density at radius 3 is 2.93 bits per heavy atom. The molecule has 11 nitrogen and oxygen atoms in total. The molecule has 0 fully saturated rings. The molecule has 0 bridgehead atoms. The van der Waals surface area contributed by atoms with E-state index in [-0.39, 0.29) is 6.61 Å². The number of aromatic amines is 2. The van der Waals surface area contributed by atoms with Gasteiger partial charge in [-0.15, -0.1) is 0 Å². The molecule has 0 saturated heterocycles. The van der Waals surface area contributed by atoms with Crippen molar-refractivity contribution in [3.8, 4) is 5.82 Å². The Bertz CT molecular complexity index is 1140. The molecular formula is C18H21N7O4. The number of hydrogen-bond donors (Lipinski definition) is 3. The number of hydrogen-bond acceptors (Lipinski definition) is 8. The number of nitrogens with zero attached hydrogens (tertiary/aromatic N) is 5. The lowest BCUT2D eigenvalue weighted by atomic mass is 10.2. The van der Waals surface area contributed by atoms with Crippen LogP contribution in [0.5, 0.6) is 0 Å². The largest absolute Gasteiger partial charge is 0.516 e. The van der Waals surface area contributed by atoms with Gasteiger partial charge in [0.1, 0.15) is 17.6 Å². The summed E-state index contributed by atoms with van der Waals surface area (Å²) in [6.45, 7) is 9.23. The number of imidazole rings is 1. The Hall–Kier alpha value is -3.73. The zero-order valence-electron chi connectivity index (χ0n) is 16.2. The van der Waals surface area contributed by atoms with E-state index in [0.29, 0.717) is 34.1 Å². The number of fused-ring (bicyclic) bond motifs is 1. The van der Waals surface area contributed by atoms with Crippen molar-refractivity contribution >= 4 is 16.7 Å². The fraction of sp³-hybridized carbons (Fsp3) is 0.278. The molecule has 3 aromatic heterocycles. The van der Waals surface area contributed by atoms with Crippen LogP contribution in [-0.2, 0) is 9.47 Å². The lowest BCUT2D eigenvalue weighted by Gasteiger charge is -2.26. The molecule has 29 heavy (non-hydrogen) atoms. The summed E-state index contributed by atoms with van der Waals surface area (Å²) in [4.78, 5) is 27.6. The van der Waals surface area contributed by atoms with Crippen LogP contribution in [0.1, 0.15) is 26.6 Å². The third-order valence-corrected chi connectivity index (χ3v) is 3.83. The van der Waals surface area contributed by atoms with Crippen LogP contribution in [0, 0.1) is 0 Å². The molecular weight excluding hydrogens is 378 g/mol. The second-order valence-electron chi connectivity index (χ2n) is 6.48. The Balaban J connectivity index is 1.89. The summed E-state index contributed by atoms with van der Waals surface area (Å²) >= 11 is 0. The second kappa shape index (κ2) is 8.10. The van der Waals surface area contributed by atoms with Gasteiger partial charge in [0.25, 0.3) is 0 Å². The third kappa shape index (κ3) is 4.41. The SMILES string of the molecule is C=C(/C=C(\C)c1n[nH]c(=O)n1-c1ncnc2nc[nH]c12)OC(C)(C)OC/C=C/O. The summed E-state index contributed by atoms with van der Waals surface area (Å²) in [5.74, 6) is -0.0269. The van der Waals surface area contributed by atoms with Gasteiger partial charge in [-0.2, -0.15) is 5.10 Å². The van der Waals surface area contributed by atoms with Crippen LogP contribution in [0.25, 0.3) is 22.6 Å². The molecule has 0 atom stereocenters. The van der Waals surface area contributed by atoms with E-state index < -0.39 is 11.5 Å². The van der Waals surface area contributed by atoms with E-state index in [1.165, 1.54) is 23.3 Å². The van der Waals surface area contributed by atoms with E-state index in [9.17, 15) is 4.79 Å². The predicted octanol–water partition coefficient (Wildman–Crippen LogP) is 1.98. The topological polar surface area (TPSA) is 144 Å². The molecule has 0 saturated carbocycles. The molecule has 0 spiro atoms. The van der Waals surface area contributed by atoms with E-state index in [1.54, 1.807) is 26.8 Å². The van der Waals surface area contributed by atoms with Crippen molar-refractivity contribution in [2.24, 2.45) is 0 Å². The Labute approximate surface area is 165 Å². The molecule has 3 aromatic rings. The fourth-order valence-electron chi connectivity index (χ4n) is 2.65. The van der Waals surface area contributed by atoms with Gasteiger partial charge in [-0.1, -0.05) is 6.58 Å². The van der Waals surface area contributed by atoms with Crippen LogP contribution in [0.4, 0.5) is 0 Å². The number of aromatic nitrogens is 7. The molecule has 0 amide bonds. The first kappa shape index (κ1) is 20.0. The highest BCUT2D eigenvalue weighted by molar-refractivity contribution is 5.78. The summed E-state index contributed by atoms with van der Waals surface area (Å²) in [5.41, 5.74) is 1.07. The van der Waals surface area contributed by atoms with E-state index in [4.69, 9.17) is 14.6 Å². The Kier molecular flexibility index (Phi) is 5.59. The van der Waals surface area contributed by atoms with Gasteiger partial charge in [0.2, 0.25) is 5.79 Å². The van der Waals surface area contributed by atoms with Crippen molar-refractivity contribution in [2.45, 2.75) is 26.6 Å². The first-order valence-corrected chi connectivity index (χ1v) is 8.64. The maximum atomic E-state index is 12.4. The van der Waals surface area contributed by atoms with Gasteiger partial charge in [0, 0.05) is 13.8 Å². The molecule has 11 heteroatoms. The molecule has 0 aliphatic carbocycles. The zero-order valence-corrected chi connectivity index (χ0v) is 16.2. The van der Waals surface area contributed by atoms with E-state index >= 15 is 0 Å². The number of allylic oxidation sites excluding steroid dienone is 2. The van der Waals surface area contributed by atoms with Crippen molar-refractivity contribution in [3.63, 3.8) is 0 Å². The van der Waals surface area contributed by atoms with Gasteiger partial charge in [0.15, 0.2) is 17.3 Å². The summed E-state index contributed by atoms with van der Waals surface area (Å²) in [6, 6.07) is 0. The predicted molar refractivity (Wildman–Crippen MR) is 105 cm³/mol. The minimum atomic E-state index is -0.979. The number of rotatable bonds is 8. The summed E-state index contributed by atoms with van der Waals surface area (Å²) in [6.07, 6.45) is 6.76. The highest BCUT2D eigenvalue weighted by atomic mass is 16.7. The van der Waals surface area contributed by atoms with Crippen molar-refractivity contribution < 1.29 is 14.6 Å². The smallest absolute Gasteiger partial charge is 0.349 e. The Morgan fingerprint density at radius 1 is 1.38 bits per heavy atom. The van der Waals surface area contributed by atoms with E-state index in [0.717, 1.165) is 6.26 Å². The number of H-pyrrole nitrogens is 2. The van der Waals surface area contributed by atoms with Gasteiger partial charge >= 0.3 is 5.69 Å². The van der Waals surface area contributed by atoms with Gasteiger partial charge in [0.05, 0.1) is 19.2 Å². The van der Waals surface area contributed by atoms with Crippen LogP contribution in [0.3, 0.4) is 0 Å². The van der Waals surface area contributed by atoms with Crippen LogP contribution in [-0.4, -0.2) is 52.2 Å². The summed E-state index contributed by atoms with van der Waals surface area (Å²) < 4.78 is 12.5. The number of aliphatic hydroxyl groups is 1. The minimum Gasteiger partial charge on any atom is -0.516 e. The fourth-order valence-corrected chi connectivity index (χ4v) is 2.65. The average Bonchev–Trinajstić information content (AvgIpc) is 3.27. The van der Waals surface area contributed by atoms with Gasteiger partial charge in [-0.25, -0.2) is 29.4 Å². The first-order valence-electron chi connectivity index (χ1n) is 8.64. The molecule has 0 aliphatic heterocycles. The second-order valence-corrected chi connectivity index (χ2v) is 6.48. The monoisotopic (exact) mass is 399 g/mol. The Morgan fingerprint density at radius 2 is 2.17 bits per heavy atom. The van der Waals surface area contributed by atoms with Crippen molar-refractivity contribution in [3.05, 3.63) is 59.7 Å². The minimum absolute atomic E-state index is 0.173. The number of ether oxygens (including phenoxy) is 2. The third-order valence-electron chi connectivity index (χ3n) is 3.83. The molecule has 0 aliphatic rings. The maximum Gasteiger partial charge on any atom is 0.349 e. The zero-order chi connectivity index (χ0) is 21.0. The molecule has 0 radical (unpaired) electrons. The molecule has 3 heterocycles. The average molecular weight is 399 g/mol. The van der Waals surface area contributed by atoms with Crippen molar-refractivity contribution in [1.82, 2.24) is 34.7 Å². The lowest BCUT2D eigenvalue weighted by molar-refractivity contribution is -0.179. The molecule has 0 unspecified atom stereocenters. The van der Waals surface area contributed by atoms with Gasteiger partial charge < -0.3 is 19.6 Å². The summed E-state index contributed by atoms with van der Waals surface area (Å²) in [5, 5.41) is 15.2. The maximum absolute atomic E-state index is 12.4. The van der Waals surface area contributed by atoms with Crippen LogP contribution in [0.2, 0.25) is 0 Å². The van der Waals surface area contributed by atoms with Gasteiger partial charge in [-0.3, -0.25) is 0 Å².